The Bertz CT molecular complexity index is 469. The molecule has 4 heteroatoms. The van der Waals surface area contributed by atoms with Crippen LogP contribution in [0, 0.1) is 5.41 Å². The first-order chi connectivity index (χ1) is 9.06. The van der Waals surface area contributed by atoms with Gasteiger partial charge >= 0.3 is 0 Å². The van der Waals surface area contributed by atoms with E-state index in [2.05, 4.69) is 28.2 Å². The Hall–Kier alpha value is -0.540. The average Bonchev–Trinajstić information content (AvgIpc) is 2.88. The number of hydrogen-bond donors (Lipinski definition) is 1. The molecule has 0 aliphatic heterocycles. The number of rotatable bonds is 4. The van der Waals surface area contributed by atoms with E-state index in [0.29, 0.717) is 16.0 Å². The van der Waals surface area contributed by atoms with E-state index in [1.54, 1.807) is 12.1 Å². The highest BCUT2D eigenvalue weighted by molar-refractivity contribution is 9.10. The fourth-order valence-electron chi connectivity index (χ4n) is 2.81. The molecule has 0 bridgehead atoms. The van der Waals surface area contributed by atoms with Gasteiger partial charge in [-0.15, -0.1) is 0 Å². The van der Waals surface area contributed by atoms with Gasteiger partial charge in [0.05, 0.1) is 10.6 Å². The van der Waals surface area contributed by atoms with E-state index in [9.17, 15) is 4.79 Å². The minimum absolute atomic E-state index is 0.0778. The van der Waals surface area contributed by atoms with Crippen LogP contribution in [0.3, 0.4) is 0 Å². The first-order valence-corrected chi connectivity index (χ1v) is 7.97. The Kier molecular flexibility index (Phi) is 4.91. The third kappa shape index (κ3) is 3.51. The number of carbonyl (C=O) groups excluding carboxylic acids is 1. The lowest BCUT2D eigenvalue weighted by Gasteiger charge is -2.27. The maximum atomic E-state index is 12.2. The molecule has 1 aliphatic rings. The second kappa shape index (κ2) is 6.27. The number of nitrogens with one attached hydrogen (secondary N) is 1. The average molecular weight is 345 g/mol. The van der Waals surface area contributed by atoms with Gasteiger partial charge in [0.15, 0.2) is 0 Å². The first-order valence-electron chi connectivity index (χ1n) is 6.79. The molecule has 1 aromatic carbocycles. The largest absolute Gasteiger partial charge is 0.351 e. The van der Waals surface area contributed by atoms with Crippen molar-refractivity contribution in [1.82, 2.24) is 5.32 Å². The van der Waals surface area contributed by atoms with Crippen LogP contribution in [0.25, 0.3) is 0 Å². The summed E-state index contributed by atoms with van der Waals surface area (Å²) in [6, 6.07) is 5.35. The van der Waals surface area contributed by atoms with E-state index >= 15 is 0 Å². The molecule has 0 radical (unpaired) electrons. The van der Waals surface area contributed by atoms with Crippen LogP contribution < -0.4 is 5.32 Å². The van der Waals surface area contributed by atoms with Crippen molar-refractivity contribution in [3.8, 4) is 0 Å². The van der Waals surface area contributed by atoms with Crippen molar-refractivity contribution in [2.24, 2.45) is 5.41 Å². The first kappa shape index (κ1) is 14.9. The molecule has 19 heavy (non-hydrogen) atoms. The topological polar surface area (TPSA) is 29.1 Å². The lowest BCUT2D eigenvalue weighted by atomic mass is 9.83. The molecule has 2 rings (SSSR count). The highest BCUT2D eigenvalue weighted by Gasteiger charge is 2.32. The van der Waals surface area contributed by atoms with E-state index in [-0.39, 0.29) is 5.91 Å². The van der Waals surface area contributed by atoms with Crippen LogP contribution >= 0.6 is 27.5 Å². The van der Waals surface area contributed by atoms with Crippen molar-refractivity contribution in [2.75, 3.05) is 6.54 Å². The van der Waals surface area contributed by atoms with E-state index in [4.69, 9.17) is 11.6 Å². The summed E-state index contributed by atoms with van der Waals surface area (Å²) >= 11 is 9.44. The summed E-state index contributed by atoms with van der Waals surface area (Å²) in [5, 5.41) is 3.55. The molecule has 1 N–H and O–H groups in total. The van der Waals surface area contributed by atoms with Crippen molar-refractivity contribution in [3.63, 3.8) is 0 Å². The van der Waals surface area contributed by atoms with Crippen LogP contribution in [-0.2, 0) is 0 Å². The highest BCUT2D eigenvalue weighted by Crippen LogP contribution is 2.40. The van der Waals surface area contributed by atoms with Gasteiger partial charge in [0.2, 0.25) is 0 Å². The molecule has 1 saturated carbocycles. The molecule has 1 aromatic rings. The van der Waals surface area contributed by atoms with Gasteiger partial charge in [0.25, 0.3) is 5.91 Å². The second-order valence-electron chi connectivity index (χ2n) is 5.37. The fraction of sp³-hybridized carbons (Fsp3) is 0.533. The normalized spacial score (nSPS) is 17.4. The highest BCUT2D eigenvalue weighted by atomic mass is 79.9. The molecule has 2 nitrogen and oxygen atoms in total. The molecule has 1 aliphatic carbocycles. The monoisotopic (exact) mass is 343 g/mol. The van der Waals surface area contributed by atoms with Crippen LogP contribution in [0.2, 0.25) is 5.02 Å². The summed E-state index contributed by atoms with van der Waals surface area (Å²) in [5.41, 5.74) is 0.842. The molecule has 1 fully saturated rings. The van der Waals surface area contributed by atoms with Gasteiger partial charge in [0, 0.05) is 11.0 Å². The van der Waals surface area contributed by atoms with Gasteiger partial charge in [-0.3, -0.25) is 4.79 Å². The summed E-state index contributed by atoms with van der Waals surface area (Å²) in [5.74, 6) is -0.0778. The molecule has 0 spiro atoms. The van der Waals surface area contributed by atoms with Gasteiger partial charge < -0.3 is 5.32 Å². The Labute approximate surface area is 128 Å². The van der Waals surface area contributed by atoms with Crippen molar-refractivity contribution in [1.29, 1.82) is 0 Å². The van der Waals surface area contributed by atoms with Crippen LogP contribution in [-0.4, -0.2) is 12.5 Å². The number of carbonyl (C=O) groups is 1. The second-order valence-corrected chi connectivity index (χ2v) is 6.69. The number of amides is 1. The predicted molar refractivity (Wildman–Crippen MR) is 82.7 cm³/mol. The summed E-state index contributed by atoms with van der Waals surface area (Å²) in [4.78, 5) is 12.2. The van der Waals surface area contributed by atoms with Gasteiger partial charge in [-0.1, -0.05) is 47.3 Å². The molecule has 0 atom stereocenters. The van der Waals surface area contributed by atoms with Gasteiger partial charge in [0.1, 0.15) is 0 Å². The summed E-state index contributed by atoms with van der Waals surface area (Å²) in [6.45, 7) is 2.97. The maximum absolute atomic E-state index is 12.2. The van der Waals surface area contributed by atoms with Gasteiger partial charge in [-0.2, -0.15) is 0 Å². The van der Waals surface area contributed by atoms with Crippen molar-refractivity contribution < 1.29 is 4.79 Å². The van der Waals surface area contributed by atoms with Crippen LogP contribution in [0.5, 0.6) is 0 Å². The van der Waals surface area contributed by atoms with Crippen LogP contribution in [0.4, 0.5) is 0 Å². The van der Waals surface area contributed by atoms with E-state index in [1.807, 2.05) is 6.07 Å². The standard InChI is InChI=1S/C15H19BrClNO/c1-2-15(7-3-4-8-15)10-18-14(19)12-9-11(16)5-6-13(12)17/h5-6,9H,2-4,7-8,10H2,1H3,(H,18,19). The minimum Gasteiger partial charge on any atom is -0.351 e. The van der Waals surface area contributed by atoms with Crippen LogP contribution in [0.15, 0.2) is 22.7 Å². The fourth-order valence-corrected chi connectivity index (χ4v) is 3.38. The number of halogens is 2. The zero-order valence-corrected chi connectivity index (χ0v) is 13.5. The molecule has 0 heterocycles. The molecule has 0 aromatic heterocycles. The molecule has 104 valence electrons. The zero-order valence-electron chi connectivity index (χ0n) is 11.1. The minimum atomic E-state index is -0.0778. The van der Waals surface area contributed by atoms with Gasteiger partial charge in [-0.05, 0) is 42.9 Å². The molecular weight excluding hydrogens is 326 g/mol. The Morgan fingerprint density at radius 3 is 2.74 bits per heavy atom. The summed E-state index contributed by atoms with van der Waals surface area (Å²) < 4.78 is 0.869. The molecule has 0 saturated heterocycles. The van der Waals surface area contributed by atoms with E-state index in [1.165, 1.54) is 25.7 Å². The van der Waals surface area contributed by atoms with E-state index < -0.39 is 0 Å². The summed E-state index contributed by atoms with van der Waals surface area (Å²) in [6.07, 6.45) is 6.12. The Morgan fingerprint density at radius 1 is 1.42 bits per heavy atom. The lowest BCUT2D eigenvalue weighted by molar-refractivity contribution is 0.0929. The number of hydrogen-bond acceptors (Lipinski definition) is 1. The Morgan fingerprint density at radius 2 is 2.11 bits per heavy atom. The van der Waals surface area contributed by atoms with Gasteiger partial charge in [-0.25, -0.2) is 0 Å². The van der Waals surface area contributed by atoms with Crippen LogP contribution in [0.1, 0.15) is 49.4 Å². The summed E-state index contributed by atoms with van der Waals surface area (Å²) in [7, 11) is 0. The van der Waals surface area contributed by atoms with Crippen molar-refractivity contribution >= 4 is 33.4 Å². The molecular formula is C15H19BrClNO. The maximum Gasteiger partial charge on any atom is 0.252 e. The smallest absolute Gasteiger partial charge is 0.252 e. The molecule has 0 unspecified atom stereocenters. The predicted octanol–water partition coefficient (Wildman–Crippen LogP) is 4.80. The van der Waals surface area contributed by atoms with Crippen molar-refractivity contribution in [3.05, 3.63) is 33.3 Å². The quantitative estimate of drug-likeness (QED) is 0.835. The third-order valence-corrected chi connectivity index (χ3v) is 5.03. The van der Waals surface area contributed by atoms with Crippen molar-refractivity contribution in [2.45, 2.75) is 39.0 Å². The van der Waals surface area contributed by atoms with E-state index in [0.717, 1.165) is 17.4 Å². The SMILES string of the molecule is CCC1(CNC(=O)c2cc(Br)ccc2Cl)CCCC1. The molecule has 1 amide bonds. The Balaban J connectivity index is 2.03. The lowest BCUT2D eigenvalue weighted by Crippen LogP contribution is -2.35. The zero-order chi connectivity index (χ0) is 13.9. The number of benzene rings is 1. The third-order valence-electron chi connectivity index (χ3n) is 4.21.